The number of sulfonamides is 1. The second-order valence-corrected chi connectivity index (χ2v) is 5.41. The molecule has 0 heterocycles. The zero-order valence-electron chi connectivity index (χ0n) is 9.73. The van der Waals surface area contributed by atoms with Crippen LogP contribution in [-0.4, -0.2) is 21.6 Å². The molecule has 5 heteroatoms. The van der Waals surface area contributed by atoms with E-state index in [2.05, 4.69) is 4.72 Å². The standard InChI is InChI=1S/C11H17NO3S/c1-4-9(2)15-10-6-5-7-11(8-10)16(13,14)12-3/h5-9,12H,4H2,1-3H3. The van der Waals surface area contributed by atoms with E-state index in [9.17, 15) is 8.42 Å². The summed E-state index contributed by atoms with van der Waals surface area (Å²) in [5.41, 5.74) is 0. The highest BCUT2D eigenvalue weighted by atomic mass is 32.2. The van der Waals surface area contributed by atoms with Gasteiger partial charge in [-0.3, -0.25) is 0 Å². The first kappa shape index (κ1) is 13.0. The van der Waals surface area contributed by atoms with E-state index in [1.165, 1.54) is 19.2 Å². The van der Waals surface area contributed by atoms with Crippen molar-refractivity contribution in [2.24, 2.45) is 0 Å². The second kappa shape index (κ2) is 5.32. The van der Waals surface area contributed by atoms with Gasteiger partial charge in [0.2, 0.25) is 10.0 Å². The third kappa shape index (κ3) is 3.21. The van der Waals surface area contributed by atoms with Crippen LogP contribution in [0.2, 0.25) is 0 Å². The Morgan fingerprint density at radius 3 is 2.69 bits per heavy atom. The third-order valence-electron chi connectivity index (χ3n) is 2.30. The Labute approximate surface area is 96.7 Å². The van der Waals surface area contributed by atoms with E-state index >= 15 is 0 Å². The number of hydrogen-bond acceptors (Lipinski definition) is 3. The van der Waals surface area contributed by atoms with Gasteiger partial charge in [0.1, 0.15) is 5.75 Å². The molecule has 16 heavy (non-hydrogen) atoms. The molecule has 0 saturated carbocycles. The van der Waals surface area contributed by atoms with Crippen LogP contribution in [0.15, 0.2) is 29.2 Å². The summed E-state index contributed by atoms with van der Waals surface area (Å²) in [6.07, 6.45) is 0.954. The molecule has 1 aromatic carbocycles. The van der Waals surface area contributed by atoms with Crippen molar-refractivity contribution in [3.05, 3.63) is 24.3 Å². The average Bonchev–Trinajstić information content (AvgIpc) is 2.29. The van der Waals surface area contributed by atoms with E-state index in [0.717, 1.165) is 6.42 Å². The minimum Gasteiger partial charge on any atom is -0.491 e. The van der Waals surface area contributed by atoms with E-state index in [0.29, 0.717) is 5.75 Å². The lowest BCUT2D eigenvalue weighted by Gasteiger charge is -2.13. The molecule has 0 aliphatic carbocycles. The average molecular weight is 243 g/mol. The number of nitrogens with one attached hydrogen (secondary N) is 1. The predicted molar refractivity (Wildman–Crippen MR) is 63.1 cm³/mol. The van der Waals surface area contributed by atoms with Gasteiger partial charge in [0.15, 0.2) is 0 Å². The van der Waals surface area contributed by atoms with Crippen molar-refractivity contribution in [3.63, 3.8) is 0 Å². The Balaban J connectivity index is 2.96. The van der Waals surface area contributed by atoms with Crippen molar-refractivity contribution in [2.45, 2.75) is 31.3 Å². The van der Waals surface area contributed by atoms with Crippen molar-refractivity contribution in [1.82, 2.24) is 4.72 Å². The van der Waals surface area contributed by atoms with Crippen LogP contribution in [0, 0.1) is 0 Å². The van der Waals surface area contributed by atoms with Gasteiger partial charge in [-0.2, -0.15) is 0 Å². The number of hydrogen-bond donors (Lipinski definition) is 1. The van der Waals surface area contributed by atoms with Gasteiger partial charge in [0.05, 0.1) is 11.0 Å². The van der Waals surface area contributed by atoms with Crippen molar-refractivity contribution >= 4 is 10.0 Å². The summed E-state index contributed by atoms with van der Waals surface area (Å²) < 4.78 is 30.9. The van der Waals surface area contributed by atoms with E-state index in [-0.39, 0.29) is 11.0 Å². The van der Waals surface area contributed by atoms with Gasteiger partial charge in [-0.05, 0) is 32.5 Å². The molecule has 0 aliphatic rings. The molecule has 90 valence electrons. The molecule has 0 amide bonds. The molecule has 0 aliphatic heterocycles. The molecule has 1 atom stereocenters. The van der Waals surface area contributed by atoms with Gasteiger partial charge < -0.3 is 4.74 Å². The van der Waals surface area contributed by atoms with Crippen molar-refractivity contribution < 1.29 is 13.2 Å². The van der Waals surface area contributed by atoms with Crippen molar-refractivity contribution in [2.75, 3.05) is 7.05 Å². The van der Waals surface area contributed by atoms with Crippen molar-refractivity contribution in [1.29, 1.82) is 0 Å². The monoisotopic (exact) mass is 243 g/mol. The van der Waals surface area contributed by atoms with Crippen LogP contribution in [-0.2, 0) is 10.0 Å². The van der Waals surface area contributed by atoms with E-state index < -0.39 is 10.0 Å². The van der Waals surface area contributed by atoms with E-state index in [1.54, 1.807) is 12.1 Å². The van der Waals surface area contributed by atoms with E-state index in [4.69, 9.17) is 4.74 Å². The molecule has 0 bridgehead atoms. The lowest BCUT2D eigenvalue weighted by molar-refractivity contribution is 0.217. The molecule has 1 aromatic rings. The molecule has 1 rings (SSSR count). The van der Waals surface area contributed by atoms with Crippen LogP contribution in [0.25, 0.3) is 0 Å². The minimum atomic E-state index is -3.39. The summed E-state index contributed by atoms with van der Waals surface area (Å²) in [5, 5.41) is 0. The van der Waals surface area contributed by atoms with Crippen LogP contribution < -0.4 is 9.46 Å². The Kier molecular flexibility index (Phi) is 4.32. The SMILES string of the molecule is CCC(C)Oc1cccc(S(=O)(=O)NC)c1. The van der Waals surface area contributed by atoms with E-state index in [1.807, 2.05) is 13.8 Å². The maximum absolute atomic E-state index is 11.5. The fraction of sp³-hybridized carbons (Fsp3) is 0.455. The Morgan fingerprint density at radius 1 is 1.44 bits per heavy atom. The Hall–Kier alpha value is -1.07. The predicted octanol–water partition coefficient (Wildman–Crippen LogP) is 1.77. The van der Waals surface area contributed by atoms with Gasteiger partial charge >= 0.3 is 0 Å². The molecule has 0 fully saturated rings. The van der Waals surface area contributed by atoms with Gasteiger partial charge in [0, 0.05) is 6.07 Å². The van der Waals surface area contributed by atoms with Crippen LogP contribution in [0.1, 0.15) is 20.3 Å². The van der Waals surface area contributed by atoms with Gasteiger partial charge in [-0.15, -0.1) is 0 Å². The summed E-state index contributed by atoms with van der Waals surface area (Å²) in [4.78, 5) is 0.218. The molecule has 1 unspecified atom stereocenters. The second-order valence-electron chi connectivity index (χ2n) is 3.52. The molecule has 4 nitrogen and oxygen atoms in total. The Morgan fingerprint density at radius 2 is 2.12 bits per heavy atom. The maximum atomic E-state index is 11.5. The fourth-order valence-corrected chi connectivity index (χ4v) is 1.91. The summed E-state index contributed by atoms with van der Waals surface area (Å²) in [6.45, 7) is 3.96. The number of rotatable bonds is 5. The van der Waals surface area contributed by atoms with Gasteiger partial charge in [-0.25, -0.2) is 13.1 Å². The summed E-state index contributed by atoms with van der Waals surface area (Å²) in [6, 6.07) is 6.48. The third-order valence-corrected chi connectivity index (χ3v) is 3.71. The number of benzene rings is 1. The van der Waals surface area contributed by atoms with Crippen LogP contribution in [0.5, 0.6) is 5.75 Å². The van der Waals surface area contributed by atoms with Crippen LogP contribution in [0.4, 0.5) is 0 Å². The molecular formula is C11H17NO3S. The van der Waals surface area contributed by atoms with Crippen LogP contribution >= 0.6 is 0 Å². The van der Waals surface area contributed by atoms with Crippen molar-refractivity contribution in [3.8, 4) is 5.75 Å². The fourth-order valence-electron chi connectivity index (χ4n) is 1.15. The Bertz CT molecular complexity index is 442. The summed E-state index contributed by atoms with van der Waals surface area (Å²) in [5.74, 6) is 0.575. The smallest absolute Gasteiger partial charge is 0.240 e. The summed E-state index contributed by atoms with van der Waals surface area (Å²) in [7, 11) is -2.01. The molecule has 0 radical (unpaired) electrons. The zero-order chi connectivity index (χ0) is 12.2. The van der Waals surface area contributed by atoms with Gasteiger partial charge in [-0.1, -0.05) is 13.0 Å². The number of ether oxygens (including phenoxy) is 1. The summed E-state index contributed by atoms with van der Waals surface area (Å²) >= 11 is 0. The highest BCUT2D eigenvalue weighted by molar-refractivity contribution is 7.89. The lowest BCUT2D eigenvalue weighted by atomic mass is 10.3. The first-order valence-corrected chi connectivity index (χ1v) is 6.68. The first-order valence-electron chi connectivity index (χ1n) is 5.20. The van der Waals surface area contributed by atoms with Crippen LogP contribution in [0.3, 0.4) is 0 Å². The topological polar surface area (TPSA) is 55.4 Å². The maximum Gasteiger partial charge on any atom is 0.240 e. The quantitative estimate of drug-likeness (QED) is 0.857. The largest absolute Gasteiger partial charge is 0.491 e. The molecule has 1 N–H and O–H groups in total. The molecule has 0 aromatic heterocycles. The highest BCUT2D eigenvalue weighted by Gasteiger charge is 2.12. The lowest BCUT2D eigenvalue weighted by Crippen LogP contribution is -2.18. The molecule has 0 saturated heterocycles. The normalized spacial score (nSPS) is 13.4. The minimum absolute atomic E-state index is 0.0764. The van der Waals surface area contributed by atoms with Gasteiger partial charge in [0.25, 0.3) is 0 Å². The molecule has 0 spiro atoms. The highest BCUT2D eigenvalue weighted by Crippen LogP contribution is 2.18. The molecular weight excluding hydrogens is 226 g/mol. The zero-order valence-corrected chi connectivity index (χ0v) is 10.5. The first-order chi connectivity index (χ1) is 7.49.